The minimum absolute atomic E-state index is 0.155. The minimum Gasteiger partial charge on any atom is -0.480 e. The maximum atomic E-state index is 12.8. The molecule has 37 heavy (non-hydrogen) atoms. The van der Waals surface area contributed by atoms with Crippen LogP contribution in [0.3, 0.4) is 0 Å². The summed E-state index contributed by atoms with van der Waals surface area (Å²) in [7, 11) is -4.38. The highest BCUT2D eigenvalue weighted by atomic mass is 32.1. The van der Waals surface area contributed by atoms with E-state index in [-0.39, 0.29) is 12.8 Å². The monoisotopic (exact) mass is 562 g/mol. The van der Waals surface area contributed by atoms with Crippen LogP contribution < -0.4 is 0 Å². The molecule has 5 nitrogen and oxygen atoms in total. The van der Waals surface area contributed by atoms with Crippen molar-refractivity contribution in [2.45, 2.75) is 173 Å². The van der Waals surface area contributed by atoms with Gasteiger partial charge in [-0.2, -0.15) is 0 Å². The second-order valence-electron chi connectivity index (χ2n) is 10.9. The van der Waals surface area contributed by atoms with Crippen LogP contribution in [-0.2, 0) is 13.3 Å². The highest BCUT2D eigenvalue weighted by Crippen LogP contribution is 2.61. The molecular weight excluding hydrogens is 503 g/mol. The van der Waals surface area contributed by atoms with Crippen LogP contribution in [0, 0.1) is 0 Å². The second kappa shape index (κ2) is 24.7. The van der Waals surface area contributed by atoms with Crippen LogP contribution in [0.5, 0.6) is 0 Å². The van der Waals surface area contributed by atoms with E-state index in [1.807, 2.05) is 0 Å². The zero-order valence-corrected chi connectivity index (χ0v) is 25.9. The molecule has 2 unspecified atom stereocenters. The molecule has 2 N–H and O–H groups in total. The van der Waals surface area contributed by atoms with Crippen molar-refractivity contribution in [3.05, 3.63) is 12.2 Å². The van der Waals surface area contributed by atoms with Crippen LogP contribution >= 0.6 is 20.5 Å². The van der Waals surface area contributed by atoms with E-state index < -0.39 is 18.7 Å². The summed E-state index contributed by atoms with van der Waals surface area (Å²) in [5.74, 6) is -1.24. The topological polar surface area (TPSA) is 83.8 Å². The van der Waals surface area contributed by atoms with Gasteiger partial charge in [0.05, 0.1) is 0 Å². The summed E-state index contributed by atoms with van der Waals surface area (Å²) in [6.07, 6.45) is 29.8. The molecule has 2 atom stereocenters. The van der Waals surface area contributed by atoms with E-state index in [0.717, 1.165) is 51.4 Å². The van der Waals surface area contributed by atoms with Crippen molar-refractivity contribution in [1.82, 2.24) is 0 Å². The Labute approximate surface area is 234 Å². The lowest BCUT2D eigenvalue weighted by Gasteiger charge is -2.31. The number of carboxylic acids is 1. The average molecular weight is 563 g/mol. The fourth-order valence-corrected chi connectivity index (χ4v) is 6.79. The van der Waals surface area contributed by atoms with E-state index in [4.69, 9.17) is 0 Å². The SMILES string of the molecule is CCCCCCCC/C=C\CCCCCCC(CCCCCCCCCCCC)(C(=O)O)P(=O)(O)OS. The van der Waals surface area contributed by atoms with Gasteiger partial charge in [-0.1, -0.05) is 142 Å². The molecule has 0 radical (unpaired) electrons. The number of carboxylic acid groups (broad SMARTS) is 1. The van der Waals surface area contributed by atoms with Gasteiger partial charge >= 0.3 is 13.6 Å². The van der Waals surface area contributed by atoms with Crippen molar-refractivity contribution in [3.8, 4) is 0 Å². The lowest BCUT2D eigenvalue weighted by Crippen LogP contribution is -2.38. The highest BCUT2D eigenvalue weighted by molar-refractivity contribution is 7.81. The highest BCUT2D eigenvalue weighted by Gasteiger charge is 2.54. The summed E-state index contributed by atoms with van der Waals surface area (Å²) < 4.78 is 17.4. The van der Waals surface area contributed by atoms with Crippen LogP contribution in [0.2, 0.25) is 0 Å². The number of hydrogen-bond acceptors (Lipinski definition) is 4. The Morgan fingerprint density at radius 1 is 0.676 bits per heavy atom. The third-order valence-corrected chi connectivity index (χ3v) is 10.2. The van der Waals surface area contributed by atoms with Gasteiger partial charge in [-0.05, 0) is 51.4 Å². The average Bonchev–Trinajstić information content (AvgIpc) is 2.88. The number of aliphatic carboxylic acids is 1. The van der Waals surface area contributed by atoms with E-state index in [1.165, 1.54) is 77.0 Å². The summed E-state index contributed by atoms with van der Waals surface area (Å²) >= 11 is 3.58. The standard InChI is InChI=1S/C30H59O5PS/c1-3-5-7-9-11-13-15-16-17-18-20-22-24-26-28-30(29(31)32,36(33,34)35-37)27-25-23-21-19-14-12-10-8-6-4-2/h16-17,37H,3-15,18-28H2,1-2H3,(H,31,32)(H,33,34)/b17-16-. The van der Waals surface area contributed by atoms with Crippen molar-refractivity contribution in [2.24, 2.45) is 0 Å². The Morgan fingerprint density at radius 3 is 1.32 bits per heavy atom. The van der Waals surface area contributed by atoms with Crippen molar-refractivity contribution >= 4 is 26.5 Å². The van der Waals surface area contributed by atoms with Crippen LogP contribution in [0.15, 0.2) is 12.2 Å². The fourth-order valence-electron chi connectivity index (χ4n) is 5.04. The van der Waals surface area contributed by atoms with E-state index in [2.05, 4.69) is 42.9 Å². The molecule has 0 aliphatic carbocycles. The maximum Gasteiger partial charge on any atom is 0.356 e. The summed E-state index contributed by atoms with van der Waals surface area (Å²) in [5.41, 5.74) is 0. The molecule has 0 heterocycles. The predicted molar refractivity (Wildman–Crippen MR) is 162 cm³/mol. The quantitative estimate of drug-likeness (QED) is 0.0290. The first-order valence-corrected chi connectivity index (χ1v) is 17.4. The van der Waals surface area contributed by atoms with Gasteiger partial charge in [-0.3, -0.25) is 9.36 Å². The van der Waals surface area contributed by atoms with Gasteiger partial charge in [-0.15, -0.1) is 0 Å². The largest absolute Gasteiger partial charge is 0.480 e. The van der Waals surface area contributed by atoms with Crippen LogP contribution in [0.25, 0.3) is 0 Å². The molecule has 0 aromatic heterocycles. The van der Waals surface area contributed by atoms with Gasteiger partial charge in [0.15, 0.2) is 5.16 Å². The maximum absolute atomic E-state index is 12.8. The first kappa shape index (κ1) is 36.7. The van der Waals surface area contributed by atoms with Crippen LogP contribution in [-0.4, -0.2) is 21.1 Å². The van der Waals surface area contributed by atoms with E-state index in [1.54, 1.807) is 0 Å². The summed E-state index contributed by atoms with van der Waals surface area (Å²) in [6, 6.07) is 0. The Hall–Kier alpha value is -0.290. The third-order valence-electron chi connectivity index (χ3n) is 7.60. The van der Waals surface area contributed by atoms with Gasteiger partial charge < -0.3 is 10.00 Å². The molecule has 220 valence electrons. The van der Waals surface area contributed by atoms with Gasteiger partial charge in [0, 0.05) is 0 Å². The molecule has 0 amide bonds. The van der Waals surface area contributed by atoms with Gasteiger partial charge in [0.1, 0.15) is 0 Å². The number of allylic oxidation sites excluding steroid dienone is 2. The van der Waals surface area contributed by atoms with E-state index >= 15 is 0 Å². The van der Waals surface area contributed by atoms with Gasteiger partial charge in [0.25, 0.3) is 0 Å². The molecule has 7 heteroatoms. The number of unbranched alkanes of at least 4 members (excludes halogenated alkanes) is 19. The number of thiol groups is 1. The fraction of sp³-hybridized carbons (Fsp3) is 0.900. The summed E-state index contributed by atoms with van der Waals surface area (Å²) in [5, 5.41) is 8.22. The molecule has 0 saturated heterocycles. The third kappa shape index (κ3) is 17.8. The van der Waals surface area contributed by atoms with Gasteiger partial charge in [-0.25, -0.2) is 3.97 Å². The minimum atomic E-state index is -4.38. The van der Waals surface area contributed by atoms with Crippen molar-refractivity contribution in [2.75, 3.05) is 0 Å². The lowest BCUT2D eigenvalue weighted by molar-refractivity contribution is -0.141. The van der Waals surface area contributed by atoms with Gasteiger partial charge in [0.2, 0.25) is 0 Å². The van der Waals surface area contributed by atoms with Crippen molar-refractivity contribution in [1.29, 1.82) is 0 Å². The first-order valence-electron chi connectivity index (χ1n) is 15.4. The number of rotatable bonds is 28. The molecule has 0 fully saturated rings. The normalized spacial score (nSPS) is 15.1. The molecule has 0 aromatic carbocycles. The van der Waals surface area contributed by atoms with Crippen LogP contribution in [0.1, 0.15) is 168 Å². The Kier molecular flexibility index (Phi) is 24.5. The predicted octanol–water partition coefficient (Wildman–Crippen LogP) is 10.8. The molecule has 0 spiro atoms. The smallest absolute Gasteiger partial charge is 0.356 e. The van der Waals surface area contributed by atoms with Crippen molar-refractivity contribution < 1.29 is 23.3 Å². The van der Waals surface area contributed by atoms with Crippen LogP contribution in [0.4, 0.5) is 0 Å². The molecule has 0 rings (SSSR count). The summed E-state index contributed by atoms with van der Waals surface area (Å²) in [6.45, 7) is 4.46. The van der Waals surface area contributed by atoms with E-state index in [9.17, 15) is 19.4 Å². The molecule has 0 aliphatic rings. The zero-order chi connectivity index (χ0) is 27.7. The van der Waals surface area contributed by atoms with Crippen molar-refractivity contribution in [3.63, 3.8) is 0 Å². The molecule has 0 saturated carbocycles. The first-order chi connectivity index (χ1) is 17.9. The lowest BCUT2D eigenvalue weighted by atomic mass is 9.93. The Balaban J connectivity index is 4.27. The zero-order valence-electron chi connectivity index (χ0n) is 24.1. The Bertz CT molecular complexity index is 613. The molecule has 0 bridgehead atoms. The molecule has 0 aliphatic heterocycles. The molecular formula is C30H59O5PS. The second-order valence-corrected chi connectivity index (χ2v) is 13.4. The van der Waals surface area contributed by atoms with E-state index in [0.29, 0.717) is 12.8 Å². The number of hydrogen-bond donors (Lipinski definition) is 3. The Morgan fingerprint density at radius 2 is 1.00 bits per heavy atom. The number of carbonyl (C=O) groups is 1. The summed E-state index contributed by atoms with van der Waals surface area (Å²) in [4.78, 5) is 22.6. The molecule has 0 aromatic rings.